The number of nitrogens with zero attached hydrogens (tertiary/aromatic N) is 1. The van der Waals surface area contributed by atoms with E-state index in [-0.39, 0.29) is 5.91 Å². The van der Waals surface area contributed by atoms with Crippen molar-refractivity contribution < 1.29 is 4.79 Å². The van der Waals surface area contributed by atoms with Crippen molar-refractivity contribution in [2.24, 2.45) is 0 Å². The van der Waals surface area contributed by atoms with E-state index in [0.29, 0.717) is 28.7 Å². The molecule has 1 aliphatic rings. The van der Waals surface area contributed by atoms with Gasteiger partial charge in [-0.1, -0.05) is 6.92 Å². The van der Waals surface area contributed by atoms with Gasteiger partial charge in [-0.25, -0.2) is 0 Å². The molecular weight excluding hydrogens is 248 g/mol. The van der Waals surface area contributed by atoms with Crippen LogP contribution in [0.1, 0.15) is 41.4 Å². The number of amides is 1. The molecule has 5 nitrogen and oxygen atoms in total. The lowest BCUT2D eigenvalue weighted by molar-refractivity contribution is 0.0958. The number of nitrogens with one attached hydrogen (secondary N) is 2. The number of anilines is 2. The quantitative estimate of drug-likeness (QED) is 0.757. The number of thiophene rings is 1. The van der Waals surface area contributed by atoms with Gasteiger partial charge >= 0.3 is 0 Å². The zero-order valence-corrected chi connectivity index (χ0v) is 11.1. The van der Waals surface area contributed by atoms with Crippen LogP contribution in [0.3, 0.4) is 0 Å². The molecule has 1 aromatic heterocycles. The van der Waals surface area contributed by atoms with Crippen molar-refractivity contribution in [3.05, 3.63) is 10.4 Å². The van der Waals surface area contributed by atoms with E-state index in [0.717, 1.165) is 24.3 Å². The van der Waals surface area contributed by atoms with E-state index in [1.54, 1.807) is 0 Å². The maximum Gasteiger partial charge on any atom is 0.263 e. The molecule has 0 saturated heterocycles. The highest BCUT2D eigenvalue weighted by Gasteiger charge is 2.26. The van der Waals surface area contributed by atoms with Gasteiger partial charge in [0.05, 0.1) is 5.69 Å². The highest BCUT2D eigenvalue weighted by atomic mass is 32.1. The maximum absolute atomic E-state index is 11.9. The Morgan fingerprint density at radius 2 is 2.33 bits per heavy atom. The van der Waals surface area contributed by atoms with Crippen molar-refractivity contribution in [3.63, 3.8) is 0 Å². The SMILES string of the molecule is CCCNC(=O)c1sc(NC2CC2)c(C#N)c1N. The Labute approximate surface area is 110 Å². The first-order chi connectivity index (χ1) is 8.67. The summed E-state index contributed by atoms with van der Waals surface area (Å²) in [4.78, 5) is 12.3. The zero-order valence-electron chi connectivity index (χ0n) is 10.2. The molecule has 0 aromatic carbocycles. The monoisotopic (exact) mass is 264 g/mol. The second-order valence-corrected chi connectivity index (χ2v) is 5.36. The zero-order chi connectivity index (χ0) is 13.1. The lowest BCUT2D eigenvalue weighted by Gasteiger charge is -2.01. The molecule has 0 radical (unpaired) electrons. The van der Waals surface area contributed by atoms with Crippen molar-refractivity contribution in [3.8, 4) is 6.07 Å². The molecule has 1 amide bonds. The van der Waals surface area contributed by atoms with Crippen LogP contribution in [0.5, 0.6) is 0 Å². The molecule has 0 spiro atoms. The molecule has 0 bridgehead atoms. The molecule has 1 heterocycles. The molecule has 6 heteroatoms. The predicted octanol–water partition coefficient (Wildman–Crippen LogP) is 1.92. The largest absolute Gasteiger partial charge is 0.396 e. The normalized spacial score (nSPS) is 14.0. The number of nitrogen functional groups attached to an aromatic ring is 1. The van der Waals surface area contributed by atoms with Gasteiger partial charge in [0.1, 0.15) is 21.5 Å². The minimum Gasteiger partial charge on any atom is -0.396 e. The first-order valence-corrected chi connectivity index (χ1v) is 6.86. The maximum atomic E-state index is 11.9. The average molecular weight is 264 g/mol. The van der Waals surface area contributed by atoms with Gasteiger partial charge in [-0.05, 0) is 19.3 Å². The molecule has 4 N–H and O–H groups in total. The molecule has 0 aliphatic heterocycles. The van der Waals surface area contributed by atoms with E-state index in [1.807, 2.05) is 6.92 Å². The van der Waals surface area contributed by atoms with Crippen LogP contribution in [0.25, 0.3) is 0 Å². The summed E-state index contributed by atoms with van der Waals surface area (Å²) in [5, 5.41) is 15.9. The summed E-state index contributed by atoms with van der Waals surface area (Å²) in [6, 6.07) is 2.50. The minimum absolute atomic E-state index is 0.195. The number of hydrogen-bond acceptors (Lipinski definition) is 5. The van der Waals surface area contributed by atoms with Crippen molar-refractivity contribution in [1.29, 1.82) is 5.26 Å². The van der Waals surface area contributed by atoms with Crippen LogP contribution in [0, 0.1) is 11.3 Å². The van der Waals surface area contributed by atoms with E-state index in [2.05, 4.69) is 16.7 Å². The summed E-state index contributed by atoms with van der Waals surface area (Å²) in [5.41, 5.74) is 6.56. The smallest absolute Gasteiger partial charge is 0.263 e. The number of hydrogen-bond donors (Lipinski definition) is 3. The van der Waals surface area contributed by atoms with Crippen LogP contribution in [-0.2, 0) is 0 Å². The number of carbonyl (C=O) groups is 1. The number of nitrogens with two attached hydrogens (primary N) is 1. The Hall–Kier alpha value is -1.74. The topological polar surface area (TPSA) is 90.9 Å². The van der Waals surface area contributed by atoms with Gasteiger partial charge in [0.15, 0.2) is 0 Å². The summed E-state index contributed by atoms with van der Waals surface area (Å²) in [7, 11) is 0. The summed E-state index contributed by atoms with van der Waals surface area (Å²) in [5.74, 6) is -0.195. The van der Waals surface area contributed by atoms with E-state index >= 15 is 0 Å². The second-order valence-electron chi connectivity index (χ2n) is 4.34. The average Bonchev–Trinajstić information content (AvgIpc) is 3.11. The second kappa shape index (κ2) is 5.27. The number of rotatable bonds is 5. The van der Waals surface area contributed by atoms with Crippen LogP contribution < -0.4 is 16.4 Å². The highest BCUT2D eigenvalue weighted by Crippen LogP contribution is 2.38. The van der Waals surface area contributed by atoms with E-state index in [9.17, 15) is 4.79 Å². The molecule has 0 unspecified atom stereocenters. The Morgan fingerprint density at radius 1 is 1.61 bits per heavy atom. The van der Waals surface area contributed by atoms with Crippen molar-refractivity contribution >= 4 is 27.9 Å². The molecule has 1 fully saturated rings. The third-order valence-corrected chi connectivity index (χ3v) is 3.85. The summed E-state index contributed by atoms with van der Waals surface area (Å²) < 4.78 is 0. The van der Waals surface area contributed by atoms with Gasteiger partial charge < -0.3 is 16.4 Å². The standard InChI is InChI=1S/C12H16N4OS/c1-2-5-15-11(17)10-9(14)8(6-13)12(18-10)16-7-3-4-7/h7,16H,2-5,14H2,1H3,(H,15,17). The molecule has 1 saturated carbocycles. The number of nitriles is 1. The molecule has 1 aliphatic carbocycles. The minimum atomic E-state index is -0.195. The predicted molar refractivity (Wildman–Crippen MR) is 72.7 cm³/mol. The number of carbonyl (C=O) groups excluding carboxylic acids is 1. The van der Waals surface area contributed by atoms with Crippen LogP contribution in [-0.4, -0.2) is 18.5 Å². The van der Waals surface area contributed by atoms with Crippen molar-refractivity contribution in [1.82, 2.24) is 5.32 Å². The summed E-state index contributed by atoms with van der Waals surface area (Å²) >= 11 is 1.27. The van der Waals surface area contributed by atoms with Crippen LogP contribution in [0.15, 0.2) is 0 Å². The third-order valence-electron chi connectivity index (χ3n) is 2.71. The highest BCUT2D eigenvalue weighted by molar-refractivity contribution is 7.19. The Morgan fingerprint density at radius 3 is 2.89 bits per heavy atom. The molecular formula is C12H16N4OS. The van der Waals surface area contributed by atoms with Crippen LogP contribution in [0.2, 0.25) is 0 Å². The van der Waals surface area contributed by atoms with Crippen LogP contribution in [0.4, 0.5) is 10.7 Å². The van der Waals surface area contributed by atoms with Gasteiger partial charge in [0, 0.05) is 12.6 Å². The fourth-order valence-electron chi connectivity index (χ4n) is 1.56. The molecule has 0 atom stereocenters. The molecule has 96 valence electrons. The Bertz CT molecular complexity index is 499. The van der Waals surface area contributed by atoms with E-state index in [1.165, 1.54) is 11.3 Å². The van der Waals surface area contributed by atoms with Gasteiger partial charge in [-0.2, -0.15) is 5.26 Å². The van der Waals surface area contributed by atoms with E-state index in [4.69, 9.17) is 11.0 Å². The van der Waals surface area contributed by atoms with Gasteiger partial charge in [0.25, 0.3) is 5.91 Å². The van der Waals surface area contributed by atoms with Crippen LogP contribution >= 0.6 is 11.3 Å². The van der Waals surface area contributed by atoms with Gasteiger partial charge in [-0.3, -0.25) is 4.79 Å². The Balaban J connectivity index is 2.22. The molecule has 1 aromatic rings. The van der Waals surface area contributed by atoms with E-state index < -0.39 is 0 Å². The lowest BCUT2D eigenvalue weighted by Crippen LogP contribution is -2.23. The fraction of sp³-hybridized carbons (Fsp3) is 0.500. The fourth-order valence-corrected chi connectivity index (χ4v) is 2.62. The first-order valence-electron chi connectivity index (χ1n) is 6.04. The molecule has 18 heavy (non-hydrogen) atoms. The van der Waals surface area contributed by atoms with Crippen molar-refractivity contribution in [2.75, 3.05) is 17.6 Å². The summed E-state index contributed by atoms with van der Waals surface area (Å²) in [6.45, 7) is 2.60. The molecule has 2 rings (SSSR count). The van der Waals surface area contributed by atoms with Crippen molar-refractivity contribution in [2.45, 2.75) is 32.2 Å². The van der Waals surface area contributed by atoms with Gasteiger partial charge in [0.2, 0.25) is 0 Å². The Kier molecular flexibility index (Phi) is 3.72. The van der Waals surface area contributed by atoms with Gasteiger partial charge in [-0.15, -0.1) is 11.3 Å². The summed E-state index contributed by atoms with van der Waals surface area (Å²) in [6.07, 6.45) is 3.09. The lowest BCUT2D eigenvalue weighted by atomic mass is 10.2. The first kappa shape index (κ1) is 12.7. The third kappa shape index (κ3) is 2.57.